The van der Waals surface area contributed by atoms with Gasteiger partial charge in [0.25, 0.3) is 0 Å². The molecule has 0 unspecified atom stereocenters. The van der Waals surface area contributed by atoms with Gasteiger partial charge in [-0.05, 0) is 0 Å². The van der Waals surface area contributed by atoms with E-state index in [1.165, 1.54) is 0 Å². The van der Waals surface area contributed by atoms with Gasteiger partial charge in [-0.25, -0.2) is 4.79 Å². The molecule has 0 saturated heterocycles. The topological polar surface area (TPSA) is 41.1 Å². The lowest BCUT2D eigenvalue weighted by Gasteiger charge is -2.02. The van der Waals surface area contributed by atoms with Gasteiger partial charge in [-0.3, -0.25) is 0 Å². The molecule has 0 radical (unpaired) electrons. The Hall–Kier alpha value is -0.880. The number of rotatable bonds is 4. The molecule has 4 heteroatoms. The van der Waals surface area contributed by atoms with Gasteiger partial charge in [0.2, 0.25) is 0 Å². The van der Waals surface area contributed by atoms with E-state index < -0.39 is 0 Å². The van der Waals surface area contributed by atoms with Crippen molar-refractivity contribution in [3.05, 3.63) is 0 Å². The van der Waals surface area contributed by atoms with Gasteiger partial charge in [-0.1, -0.05) is 0 Å². The maximum Gasteiger partial charge on any atom is 0.314 e. The van der Waals surface area contributed by atoms with E-state index in [1.54, 1.807) is 0 Å². The minimum atomic E-state index is -0.221. The molecule has 0 spiro atoms. The van der Waals surface area contributed by atoms with E-state index in [0.29, 0.717) is 25.4 Å². The van der Waals surface area contributed by atoms with Crippen molar-refractivity contribution in [2.24, 2.45) is 0 Å². The lowest BCUT2D eigenvalue weighted by atomic mass is 10.4. The van der Waals surface area contributed by atoms with Crippen LogP contribution in [0.1, 0.15) is 6.42 Å². The second kappa shape index (κ2) is 7.23. The maximum absolute atomic E-state index is 10.7. The first-order valence-electron chi connectivity index (χ1n) is 3.32. The molecular weight excluding hydrogens is 164 g/mol. The lowest BCUT2D eigenvalue weighted by Crippen LogP contribution is -2.36. The molecular formula is C7H11ClN2O. The highest BCUT2D eigenvalue weighted by atomic mass is 35.5. The predicted molar refractivity (Wildman–Crippen MR) is 45.6 cm³/mol. The summed E-state index contributed by atoms with van der Waals surface area (Å²) in [5, 5.41) is 5.11. The van der Waals surface area contributed by atoms with Crippen LogP contribution in [0.5, 0.6) is 0 Å². The number of nitrogens with one attached hydrogen (secondary N) is 2. The van der Waals surface area contributed by atoms with Crippen molar-refractivity contribution in [2.45, 2.75) is 6.42 Å². The van der Waals surface area contributed by atoms with E-state index in [-0.39, 0.29) is 6.03 Å². The molecule has 0 aliphatic rings. The summed E-state index contributed by atoms with van der Waals surface area (Å²) in [5.41, 5.74) is 0. The zero-order valence-electron chi connectivity index (χ0n) is 6.19. The Bertz CT molecular complexity index is 153. The van der Waals surface area contributed by atoms with Crippen LogP contribution < -0.4 is 10.6 Å². The number of hydrogen-bond donors (Lipinski definition) is 2. The molecule has 2 amide bonds. The molecule has 3 nitrogen and oxygen atoms in total. The number of carbonyl (C=O) groups excluding carboxylic acids is 1. The van der Waals surface area contributed by atoms with Crippen molar-refractivity contribution >= 4 is 17.6 Å². The quantitative estimate of drug-likeness (QED) is 0.365. The summed E-state index contributed by atoms with van der Waals surface area (Å²) in [6, 6.07) is -0.221. The minimum Gasteiger partial charge on any atom is -0.337 e. The molecule has 0 bridgehead atoms. The third-order valence-electron chi connectivity index (χ3n) is 0.935. The lowest BCUT2D eigenvalue weighted by molar-refractivity contribution is 0.241. The van der Waals surface area contributed by atoms with E-state index in [2.05, 4.69) is 16.6 Å². The zero-order valence-corrected chi connectivity index (χ0v) is 6.95. The fourth-order valence-corrected chi connectivity index (χ4v) is 0.566. The van der Waals surface area contributed by atoms with E-state index in [1.807, 2.05) is 0 Å². The van der Waals surface area contributed by atoms with Gasteiger partial charge in [0.05, 0.1) is 0 Å². The Kier molecular flexibility index (Phi) is 6.65. The third-order valence-corrected chi connectivity index (χ3v) is 1.12. The molecule has 2 N–H and O–H groups in total. The number of halogens is 1. The van der Waals surface area contributed by atoms with Gasteiger partial charge in [-0.15, -0.1) is 23.9 Å². The maximum atomic E-state index is 10.7. The Morgan fingerprint density at radius 2 is 2.09 bits per heavy atom. The first-order valence-corrected chi connectivity index (χ1v) is 3.86. The second-order valence-electron chi connectivity index (χ2n) is 1.83. The highest BCUT2D eigenvalue weighted by Crippen LogP contribution is 1.73. The van der Waals surface area contributed by atoms with E-state index in [4.69, 9.17) is 18.0 Å². The molecule has 0 atom stereocenters. The number of terminal acetylenes is 1. The number of hydrogen-bond acceptors (Lipinski definition) is 1. The van der Waals surface area contributed by atoms with Gasteiger partial charge in [-0.2, -0.15) is 0 Å². The Morgan fingerprint density at radius 1 is 1.45 bits per heavy atom. The van der Waals surface area contributed by atoms with Crippen LogP contribution in [0.3, 0.4) is 0 Å². The van der Waals surface area contributed by atoms with Crippen LogP contribution in [0.15, 0.2) is 0 Å². The van der Waals surface area contributed by atoms with Gasteiger partial charge in [0.15, 0.2) is 0 Å². The summed E-state index contributed by atoms with van der Waals surface area (Å²) in [6.07, 6.45) is 5.52. The Labute approximate surface area is 71.5 Å². The average Bonchev–Trinajstić information content (AvgIpc) is 2.01. The molecule has 0 fully saturated rings. The van der Waals surface area contributed by atoms with Crippen molar-refractivity contribution in [2.75, 3.05) is 19.0 Å². The summed E-state index contributed by atoms with van der Waals surface area (Å²) in [6.45, 7) is 0.980. The molecule has 62 valence electrons. The van der Waals surface area contributed by atoms with Crippen LogP contribution in [0.2, 0.25) is 0 Å². The van der Waals surface area contributed by atoms with Crippen molar-refractivity contribution in [1.82, 2.24) is 10.6 Å². The first-order chi connectivity index (χ1) is 5.31. The van der Waals surface area contributed by atoms with Gasteiger partial charge >= 0.3 is 6.03 Å². The summed E-state index contributed by atoms with van der Waals surface area (Å²) in [5.74, 6) is 2.83. The SMILES string of the molecule is C#CCCNC(=O)NCCCl. The van der Waals surface area contributed by atoms with Crippen LogP contribution in [0, 0.1) is 12.3 Å². The van der Waals surface area contributed by atoms with E-state index in [9.17, 15) is 4.79 Å². The van der Waals surface area contributed by atoms with Crippen LogP contribution in [0.25, 0.3) is 0 Å². The van der Waals surface area contributed by atoms with Gasteiger partial charge < -0.3 is 10.6 Å². The van der Waals surface area contributed by atoms with Crippen LogP contribution >= 0.6 is 11.6 Å². The van der Waals surface area contributed by atoms with E-state index in [0.717, 1.165) is 0 Å². The molecule has 0 aliphatic carbocycles. The Morgan fingerprint density at radius 3 is 2.64 bits per heavy atom. The number of alkyl halides is 1. The van der Waals surface area contributed by atoms with Crippen LogP contribution in [0.4, 0.5) is 4.79 Å². The molecule has 0 rings (SSSR count). The minimum absolute atomic E-state index is 0.221. The standard InChI is InChI=1S/C7H11ClN2O/c1-2-3-5-9-7(11)10-6-4-8/h1H,3-6H2,(H2,9,10,11). The first kappa shape index (κ1) is 10.1. The van der Waals surface area contributed by atoms with Crippen molar-refractivity contribution in [3.8, 4) is 12.3 Å². The summed E-state index contributed by atoms with van der Waals surface area (Å²) in [4.78, 5) is 10.7. The zero-order chi connectivity index (χ0) is 8.53. The summed E-state index contributed by atoms with van der Waals surface area (Å²) >= 11 is 5.33. The molecule has 0 aromatic heterocycles. The van der Waals surface area contributed by atoms with Crippen LogP contribution in [-0.4, -0.2) is 25.0 Å². The smallest absolute Gasteiger partial charge is 0.314 e. The normalized spacial score (nSPS) is 8.36. The fraction of sp³-hybridized carbons (Fsp3) is 0.571. The summed E-state index contributed by atoms with van der Waals surface area (Å²) in [7, 11) is 0. The van der Waals surface area contributed by atoms with E-state index >= 15 is 0 Å². The number of carbonyl (C=O) groups is 1. The second-order valence-corrected chi connectivity index (χ2v) is 2.20. The third kappa shape index (κ3) is 7.01. The van der Waals surface area contributed by atoms with Gasteiger partial charge in [0, 0.05) is 25.4 Å². The molecule has 0 saturated carbocycles. The number of amides is 2. The number of urea groups is 1. The predicted octanol–water partition coefficient (Wildman–Crippen LogP) is 0.548. The molecule has 0 aromatic carbocycles. The highest BCUT2D eigenvalue weighted by Gasteiger charge is 1.94. The van der Waals surface area contributed by atoms with Crippen LogP contribution in [-0.2, 0) is 0 Å². The monoisotopic (exact) mass is 174 g/mol. The molecule has 0 aromatic rings. The molecule has 0 heterocycles. The van der Waals surface area contributed by atoms with Crippen molar-refractivity contribution < 1.29 is 4.79 Å². The van der Waals surface area contributed by atoms with Gasteiger partial charge in [0.1, 0.15) is 0 Å². The summed E-state index contributed by atoms with van der Waals surface area (Å²) < 4.78 is 0. The Balaban J connectivity index is 3.17. The highest BCUT2D eigenvalue weighted by molar-refractivity contribution is 6.18. The largest absolute Gasteiger partial charge is 0.337 e. The average molecular weight is 175 g/mol. The molecule has 11 heavy (non-hydrogen) atoms. The van der Waals surface area contributed by atoms with Crippen molar-refractivity contribution in [3.63, 3.8) is 0 Å². The fourth-order valence-electron chi connectivity index (χ4n) is 0.471. The molecule has 0 aliphatic heterocycles. The van der Waals surface area contributed by atoms with Crippen molar-refractivity contribution in [1.29, 1.82) is 0 Å².